The molecule has 0 radical (unpaired) electrons. The lowest BCUT2D eigenvalue weighted by molar-refractivity contribution is -0.0396. The zero-order valence-electron chi connectivity index (χ0n) is 15.2. The molecule has 1 aliphatic heterocycles. The average molecular weight is 319 g/mol. The molecule has 2 rings (SSSR count). The molecule has 0 aliphatic carbocycles. The van der Waals surface area contributed by atoms with Crippen LogP contribution in [0.4, 0.5) is 0 Å². The van der Waals surface area contributed by atoms with Crippen LogP contribution in [0.2, 0.25) is 0 Å². The van der Waals surface area contributed by atoms with Gasteiger partial charge >= 0.3 is 0 Å². The summed E-state index contributed by atoms with van der Waals surface area (Å²) in [5, 5.41) is 11.1. The molecule has 0 aromatic heterocycles. The number of hydrogen-bond donors (Lipinski definition) is 1. The van der Waals surface area contributed by atoms with Gasteiger partial charge in [0.05, 0.1) is 5.60 Å². The van der Waals surface area contributed by atoms with Crippen LogP contribution in [0.25, 0.3) is 0 Å². The Morgan fingerprint density at radius 2 is 1.78 bits per heavy atom. The number of nitrogens with zero attached hydrogens (tertiary/aromatic N) is 2. The summed E-state index contributed by atoms with van der Waals surface area (Å²) in [6.45, 7) is 9.92. The van der Waals surface area contributed by atoms with E-state index in [0.29, 0.717) is 5.92 Å². The number of aryl methyl sites for hydroxylation is 1. The van der Waals surface area contributed by atoms with Gasteiger partial charge < -0.3 is 14.9 Å². The van der Waals surface area contributed by atoms with Gasteiger partial charge in [-0.2, -0.15) is 0 Å². The first kappa shape index (κ1) is 18.4. The fourth-order valence-corrected chi connectivity index (χ4v) is 3.60. The summed E-state index contributed by atoms with van der Waals surface area (Å²) in [5.41, 5.74) is 0.843. The van der Waals surface area contributed by atoms with Crippen molar-refractivity contribution in [2.75, 3.05) is 39.8 Å². The normalized spacial score (nSPS) is 21.0. The van der Waals surface area contributed by atoms with Gasteiger partial charge in [0, 0.05) is 32.7 Å². The summed E-state index contributed by atoms with van der Waals surface area (Å²) in [6, 6.07) is 10.6. The van der Waals surface area contributed by atoms with Crippen LogP contribution in [0.3, 0.4) is 0 Å². The molecule has 3 nitrogen and oxygen atoms in total. The van der Waals surface area contributed by atoms with Gasteiger partial charge in [0.2, 0.25) is 0 Å². The quantitative estimate of drug-likeness (QED) is 0.798. The summed E-state index contributed by atoms with van der Waals surface area (Å²) in [5.74, 6) is 0.326. The van der Waals surface area contributed by atoms with Gasteiger partial charge in [-0.15, -0.1) is 0 Å². The lowest BCUT2D eigenvalue weighted by Crippen LogP contribution is -2.49. The number of rotatable bonds is 8. The second kappa shape index (κ2) is 8.81. The summed E-state index contributed by atoms with van der Waals surface area (Å²) >= 11 is 0. The zero-order chi connectivity index (χ0) is 16.7. The second-order valence-corrected chi connectivity index (χ2v) is 7.30. The summed E-state index contributed by atoms with van der Waals surface area (Å²) in [6.07, 6.45) is 3.86. The second-order valence-electron chi connectivity index (χ2n) is 7.30. The lowest BCUT2D eigenvalue weighted by Gasteiger charge is -2.39. The van der Waals surface area contributed by atoms with Crippen LogP contribution in [0.1, 0.15) is 38.7 Å². The fourth-order valence-electron chi connectivity index (χ4n) is 3.60. The van der Waals surface area contributed by atoms with E-state index >= 15 is 0 Å². The highest BCUT2D eigenvalue weighted by Crippen LogP contribution is 2.28. The highest BCUT2D eigenvalue weighted by Gasteiger charge is 2.32. The van der Waals surface area contributed by atoms with E-state index in [1.54, 1.807) is 0 Å². The van der Waals surface area contributed by atoms with Crippen LogP contribution in [-0.4, -0.2) is 60.3 Å². The van der Waals surface area contributed by atoms with Crippen LogP contribution >= 0.6 is 0 Å². The molecule has 1 fully saturated rings. The van der Waals surface area contributed by atoms with E-state index in [9.17, 15) is 5.11 Å². The summed E-state index contributed by atoms with van der Waals surface area (Å²) in [4.78, 5) is 4.90. The van der Waals surface area contributed by atoms with E-state index in [0.717, 1.165) is 58.4 Å². The topological polar surface area (TPSA) is 26.7 Å². The Balaban J connectivity index is 1.80. The minimum Gasteiger partial charge on any atom is -0.390 e. The SMILES string of the molecule is CCC(O)(CCCc1ccccc1)C(C)CN1CCN(C)CC1. The van der Waals surface area contributed by atoms with Crippen LogP contribution < -0.4 is 0 Å². The molecule has 1 N–H and O–H groups in total. The van der Waals surface area contributed by atoms with Crippen LogP contribution in [-0.2, 0) is 6.42 Å². The summed E-state index contributed by atoms with van der Waals surface area (Å²) < 4.78 is 0. The van der Waals surface area contributed by atoms with Crippen molar-refractivity contribution in [3.8, 4) is 0 Å². The highest BCUT2D eigenvalue weighted by atomic mass is 16.3. The molecule has 2 atom stereocenters. The predicted molar refractivity (Wildman–Crippen MR) is 97.7 cm³/mol. The molecule has 23 heavy (non-hydrogen) atoms. The maximum absolute atomic E-state index is 11.1. The number of benzene rings is 1. The number of aliphatic hydroxyl groups is 1. The molecule has 1 aromatic carbocycles. The third-order valence-corrected chi connectivity index (χ3v) is 5.58. The average Bonchev–Trinajstić information content (AvgIpc) is 2.57. The predicted octanol–water partition coefficient (Wildman–Crippen LogP) is 3.03. The van der Waals surface area contributed by atoms with E-state index in [1.165, 1.54) is 5.56 Å². The molecule has 0 saturated carbocycles. The van der Waals surface area contributed by atoms with Crippen molar-refractivity contribution in [3.63, 3.8) is 0 Å². The molecule has 0 spiro atoms. The van der Waals surface area contributed by atoms with Crippen molar-refractivity contribution in [1.82, 2.24) is 9.80 Å². The Kier molecular flexibility index (Phi) is 7.07. The first-order valence-corrected chi connectivity index (χ1v) is 9.20. The number of hydrogen-bond acceptors (Lipinski definition) is 3. The molecule has 1 saturated heterocycles. The van der Waals surface area contributed by atoms with Crippen molar-refractivity contribution in [3.05, 3.63) is 35.9 Å². The van der Waals surface area contributed by atoms with Gasteiger partial charge in [0.1, 0.15) is 0 Å². The first-order chi connectivity index (χ1) is 11.0. The minimum atomic E-state index is -0.530. The molecular weight excluding hydrogens is 284 g/mol. The molecule has 3 heteroatoms. The fraction of sp³-hybridized carbons (Fsp3) is 0.700. The van der Waals surface area contributed by atoms with Gasteiger partial charge in [-0.3, -0.25) is 0 Å². The van der Waals surface area contributed by atoms with Crippen molar-refractivity contribution in [2.24, 2.45) is 5.92 Å². The van der Waals surface area contributed by atoms with E-state index in [-0.39, 0.29) is 0 Å². The zero-order valence-corrected chi connectivity index (χ0v) is 15.2. The highest BCUT2D eigenvalue weighted by molar-refractivity contribution is 5.14. The van der Waals surface area contributed by atoms with Gasteiger partial charge in [-0.05, 0) is 44.2 Å². The maximum atomic E-state index is 11.1. The molecule has 1 aliphatic rings. The van der Waals surface area contributed by atoms with Crippen molar-refractivity contribution in [2.45, 2.75) is 45.1 Å². The van der Waals surface area contributed by atoms with Crippen LogP contribution in [0, 0.1) is 5.92 Å². The van der Waals surface area contributed by atoms with Gasteiger partial charge in [0.15, 0.2) is 0 Å². The van der Waals surface area contributed by atoms with Gasteiger partial charge in [-0.1, -0.05) is 44.2 Å². The maximum Gasteiger partial charge on any atom is 0.0682 e. The van der Waals surface area contributed by atoms with E-state index in [2.05, 4.69) is 61.0 Å². The molecule has 1 aromatic rings. The van der Waals surface area contributed by atoms with E-state index in [1.807, 2.05) is 0 Å². The Morgan fingerprint density at radius 3 is 2.39 bits per heavy atom. The molecule has 130 valence electrons. The first-order valence-electron chi connectivity index (χ1n) is 9.20. The van der Waals surface area contributed by atoms with Gasteiger partial charge in [0.25, 0.3) is 0 Å². The smallest absolute Gasteiger partial charge is 0.0682 e. The third kappa shape index (κ3) is 5.59. The molecule has 2 unspecified atom stereocenters. The van der Waals surface area contributed by atoms with E-state index in [4.69, 9.17) is 0 Å². The van der Waals surface area contributed by atoms with Gasteiger partial charge in [-0.25, -0.2) is 0 Å². The lowest BCUT2D eigenvalue weighted by atomic mass is 9.81. The Bertz CT molecular complexity index is 442. The monoisotopic (exact) mass is 318 g/mol. The standard InChI is InChI=1S/C20H34N2O/c1-4-20(23,12-8-11-19-9-6-5-7-10-19)18(2)17-22-15-13-21(3)14-16-22/h5-7,9-10,18,23H,4,8,11-17H2,1-3H3. The van der Waals surface area contributed by atoms with Crippen LogP contribution in [0.15, 0.2) is 30.3 Å². The van der Waals surface area contributed by atoms with E-state index < -0.39 is 5.60 Å². The third-order valence-electron chi connectivity index (χ3n) is 5.58. The van der Waals surface area contributed by atoms with Crippen molar-refractivity contribution >= 4 is 0 Å². The number of piperazine rings is 1. The Labute approximate surface area is 142 Å². The number of likely N-dealkylation sites (N-methyl/N-ethyl adjacent to an activating group) is 1. The molecule has 0 amide bonds. The Morgan fingerprint density at radius 1 is 1.13 bits per heavy atom. The minimum absolute atomic E-state index is 0.326. The Hall–Kier alpha value is -0.900. The summed E-state index contributed by atoms with van der Waals surface area (Å²) in [7, 11) is 2.19. The van der Waals surface area contributed by atoms with Crippen molar-refractivity contribution in [1.29, 1.82) is 0 Å². The van der Waals surface area contributed by atoms with Crippen molar-refractivity contribution < 1.29 is 5.11 Å². The molecule has 1 heterocycles. The molecule has 0 bridgehead atoms. The molecular formula is C20H34N2O. The van der Waals surface area contributed by atoms with Crippen LogP contribution in [0.5, 0.6) is 0 Å². The largest absolute Gasteiger partial charge is 0.390 e.